The summed E-state index contributed by atoms with van der Waals surface area (Å²) in [6.07, 6.45) is 1.14. The number of hydrogen-bond acceptors (Lipinski definition) is 6. The van der Waals surface area contributed by atoms with Crippen LogP contribution < -0.4 is 10.5 Å². The van der Waals surface area contributed by atoms with E-state index < -0.39 is 10.0 Å². The average molecular weight is 290 g/mol. The van der Waals surface area contributed by atoms with Crippen molar-refractivity contribution in [3.63, 3.8) is 0 Å². The lowest BCUT2D eigenvalue weighted by atomic mass is 10.3. The Morgan fingerprint density at radius 3 is 2.95 bits per heavy atom. The van der Waals surface area contributed by atoms with Gasteiger partial charge in [0.2, 0.25) is 10.0 Å². The number of aromatic nitrogens is 2. The molecule has 2 heterocycles. The summed E-state index contributed by atoms with van der Waals surface area (Å²) in [7, 11) is -3.67. The maximum Gasteiger partial charge on any atom is 0.245 e. The van der Waals surface area contributed by atoms with Gasteiger partial charge in [0.1, 0.15) is 4.90 Å². The number of nitrogens with one attached hydrogen (secondary N) is 1. The van der Waals surface area contributed by atoms with Gasteiger partial charge >= 0.3 is 0 Å². The standard InChI is InChI=1S/C10H18N4O4S/c1-2-14-6-9(10(11)13-14)19(15,16)12-5-8-7-17-3-4-18-8/h6,8,12H,2-5,7H2,1H3,(H2,11,13). The molecular formula is C10H18N4O4S. The lowest BCUT2D eigenvalue weighted by molar-refractivity contribution is -0.0846. The molecule has 8 nitrogen and oxygen atoms in total. The van der Waals surface area contributed by atoms with E-state index in [0.717, 1.165) is 0 Å². The van der Waals surface area contributed by atoms with Crippen LogP contribution in [0.3, 0.4) is 0 Å². The van der Waals surface area contributed by atoms with E-state index in [9.17, 15) is 8.42 Å². The Balaban J connectivity index is 2.02. The Morgan fingerprint density at radius 1 is 1.58 bits per heavy atom. The van der Waals surface area contributed by atoms with Gasteiger partial charge in [-0.25, -0.2) is 13.1 Å². The summed E-state index contributed by atoms with van der Waals surface area (Å²) in [4.78, 5) is -0.00826. The fourth-order valence-electron chi connectivity index (χ4n) is 1.72. The minimum atomic E-state index is -3.67. The maximum absolute atomic E-state index is 12.1. The second-order valence-electron chi connectivity index (χ2n) is 4.15. The molecule has 0 spiro atoms. The molecule has 1 aromatic rings. The molecule has 0 saturated carbocycles. The monoisotopic (exact) mass is 290 g/mol. The number of anilines is 1. The van der Waals surface area contributed by atoms with E-state index >= 15 is 0 Å². The van der Waals surface area contributed by atoms with Gasteiger partial charge in [0.05, 0.1) is 25.9 Å². The van der Waals surface area contributed by atoms with E-state index in [1.807, 2.05) is 6.92 Å². The van der Waals surface area contributed by atoms with Crippen LogP contribution in [0.25, 0.3) is 0 Å². The first kappa shape index (κ1) is 14.3. The molecule has 1 saturated heterocycles. The molecule has 2 rings (SSSR count). The first-order valence-corrected chi connectivity index (χ1v) is 7.53. The van der Waals surface area contributed by atoms with Crippen LogP contribution in [-0.2, 0) is 26.0 Å². The summed E-state index contributed by atoms with van der Waals surface area (Å²) in [6.45, 7) is 3.95. The predicted octanol–water partition coefficient (Wildman–Crippen LogP) is -0.821. The summed E-state index contributed by atoms with van der Waals surface area (Å²) >= 11 is 0. The highest BCUT2D eigenvalue weighted by atomic mass is 32.2. The summed E-state index contributed by atoms with van der Waals surface area (Å²) < 4.78 is 38.7. The van der Waals surface area contributed by atoms with Crippen molar-refractivity contribution in [3.8, 4) is 0 Å². The van der Waals surface area contributed by atoms with E-state index in [1.54, 1.807) is 0 Å². The van der Waals surface area contributed by atoms with Crippen molar-refractivity contribution in [2.45, 2.75) is 24.5 Å². The van der Waals surface area contributed by atoms with E-state index in [2.05, 4.69) is 9.82 Å². The average Bonchev–Trinajstić information content (AvgIpc) is 2.80. The molecule has 19 heavy (non-hydrogen) atoms. The van der Waals surface area contributed by atoms with Crippen LogP contribution in [0.2, 0.25) is 0 Å². The van der Waals surface area contributed by atoms with Crippen molar-refractivity contribution in [2.75, 3.05) is 32.1 Å². The van der Waals surface area contributed by atoms with E-state index in [-0.39, 0.29) is 23.4 Å². The van der Waals surface area contributed by atoms with Crippen LogP contribution >= 0.6 is 0 Å². The van der Waals surface area contributed by atoms with E-state index in [0.29, 0.717) is 26.4 Å². The highest BCUT2D eigenvalue weighted by molar-refractivity contribution is 7.89. The molecular weight excluding hydrogens is 272 g/mol. The topological polar surface area (TPSA) is 108 Å². The van der Waals surface area contributed by atoms with Crippen molar-refractivity contribution >= 4 is 15.8 Å². The van der Waals surface area contributed by atoms with Crippen LogP contribution in [-0.4, -0.2) is 50.7 Å². The number of nitrogens with two attached hydrogens (primary N) is 1. The van der Waals surface area contributed by atoms with Crippen molar-refractivity contribution in [2.24, 2.45) is 0 Å². The zero-order chi connectivity index (χ0) is 13.9. The molecule has 0 aliphatic carbocycles. The van der Waals surface area contributed by atoms with Gasteiger partial charge < -0.3 is 15.2 Å². The summed E-state index contributed by atoms with van der Waals surface area (Å²) in [5.41, 5.74) is 5.60. The molecule has 108 valence electrons. The van der Waals surface area contributed by atoms with Crippen molar-refractivity contribution in [3.05, 3.63) is 6.20 Å². The number of aryl methyl sites for hydroxylation is 1. The van der Waals surface area contributed by atoms with Crippen LogP contribution in [0.1, 0.15) is 6.92 Å². The zero-order valence-corrected chi connectivity index (χ0v) is 11.5. The first-order valence-electron chi connectivity index (χ1n) is 6.05. The zero-order valence-electron chi connectivity index (χ0n) is 10.7. The molecule has 1 aliphatic heterocycles. The second-order valence-corrected chi connectivity index (χ2v) is 5.89. The highest BCUT2D eigenvalue weighted by Crippen LogP contribution is 2.16. The minimum Gasteiger partial charge on any atom is -0.381 e. The third-order valence-electron chi connectivity index (χ3n) is 2.75. The number of nitrogens with zero attached hydrogens (tertiary/aromatic N) is 2. The Morgan fingerprint density at radius 2 is 2.37 bits per heavy atom. The molecule has 1 unspecified atom stereocenters. The molecule has 1 aromatic heterocycles. The lowest BCUT2D eigenvalue weighted by Crippen LogP contribution is -2.39. The molecule has 1 atom stereocenters. The quantitative estimate of drug-likeness (QED) is 0.733. The second kappa shape index (κ2) is 5.87. The summed E-state index contributed by atoms with van der Waals surface area (Å²) in [5, 5.41) is 3.91. The Labute approximate surface area is 111 Å². The minimum absolute atomic E-state index is 0.00448. The first-order chi connectivity index (χ1) is 9.03. The number of hydrogen-bond donors (Lipinski definition) is 2. The van der Waals surface area contributed by atoms with Gasteiger partial charge in [-0.15, -0.1) is 0 Å². The normalized spacial score (nSPS) is 20.6. The van der Waals surface area contributed by atoms with Crippen LogP contribution in [0.4, 0.5) is 5.82 Å². The largest absolute Gasteiger partial charge is 0.381 e. The molecule has 0 amide bonds. The van der Waals surface area contributed by atoms with Crippen molar-refractivity contribution < 1.29 is 17.9 Å². The smallest absolute Gasteiger partial charge is 0.245 e. The van der Waals surface area contributed by atoms with Gasteiger partial charge in [-0.2, -0.15) is 5.10 Å². The number of nitrogen functional groups attached to an aromatic ring is 1. The maximum atomic E-state index is 12.1. The van der Waals surface area contributed by atoms with Gasteiger partial charge in [-0.3, -0.25) is 4.68 Å². The van der Waals surface area contributed by atoms with Crippen LogP contribution in [0, 0.1) is 0 Å². The Hall–Kier alpha value is -1.16. The van der Waals surface area contributed by atoms with Gasteiger partial charge in [0.25, 0.3) is 0 Å². The third kappa shape index (κ3) is 3.44. The van der Waals surface area contributed by atoms with Crippen molar-refractivity contribution in [1.29, 1.82) is 0 Å². The van der Waals surface area contributed by atoms with Gasteiger partial charge in [0.15, 0.2) is 5.82 Å². The third-order valence-corrected chi connectivity index (χ3v) is 4.19. The number of ether oxygens (including phenoxy) is 2. The highest BCUT2D eigenvalue weighted by Gasteiger charge is 2.23. The van der Waals surface area contributed by atoms with Gasteiger partial charge in [-0.05, 0) is 6.92 Å². The Kier molecular flexibility index (Phi) is 4.40. The summed E-state index contributed by atoms with van der Waals surface area (Å²) in [5.74, 6) is -0.00448. The SMILES string of the molecule is CCn1cc(S(=O)(=O)NCC2COCCO2)c(N)n1. The molecule has 0 bridgehead atoms. The van der Waals surface area contributed by atoms with Gasteiger partial charge in [-0.1, -0.05) is 0 Å². The lowest BCUT2D eigenvalue weighted by Gasteiger charge is -2.22. The molecule has 9 heteroatoms. The predicted molar refractivity (Wildman–Crippen MR) is 68.1 cm³/mol. The van der Waals surface area contributed by atoms with Crippen LogP contribution in [0.15, 0.2) is 11.1 Å². The summed E-state index contributed by atoms with van der Waals surface area (Å²) in [6, 6.07) is 0. The molecule has 3 N–H and O–H groups in total. The van der Waals surface area contributed by atoms with E-state index in [1.165, 1.54) is 10.9 Å². The number of rotatable bonds is 5. The molecule has 0 aromatic carbocycles. The van der Waals surface area contributed by atoms with Crippen molar-refractivity contribution in [1.82, 2.24) is 14.5 Å². The van der Waals surface area contributed by atoms with E-state index in [4.69, 9.17) is 15.2 Å². The molecule has 1 fully saturated rings. The van der Waals surface area contributed by atoms with Gasteiger partial charge in [0, 0.05) is 19.3 Å². The fraction of sp³-hybridized carbons (Fsp3) is 0.700. The molecule has 1 aliphatic rings. The Bertz CT molecular complexity index is 522. The van der Waals surface area contributed by atoms with Crippen LogP contribution in [0.5, 0.6) is 0 Å². The molecule has 0 radical (unpaired) electrons. The number of sulfonamides is 1. The fourth-order valence-corrected chi connectivity index (χ4v) is 2.86.